The lowest BCUT2D eigenvalue weighted by Gasteiger charge is -2.20. The third-order valence-electron chi connectivity index (χ3n) is 5.32. The van der Waals surface area contributed by atoms with Crippen LogP contribution in [0.2, 0.25) is 0 Å². The first kappa shape index (κ1) is 13.6. The molecule has 3 heteroatoms. The summed E-state index contributed by atoms with van der Waals surface area (Å²) < 4.78 is 2.13. The van der Waals surface area contributed by atoms with Gasteiger partial charge in [0.2, 0.25) is 0 Å². The fourth-order valence-electron chi connectivity index (χ4n) is 3.61. The van der Waals surface area contributed by atoms with Crippen LogP contribution in [0, 0.1) is 16.7 Å². The van der Waals surface area contributed by atoms with Gasteiger partial charge in [-0.15, -0.1) is 0 Å². The van der Waals surface area contributed by atoms with E-state index in [2.05, 4.69) is 56.5 Å². The lowest BCUT2D eigenvalue weighted by molar-refractivity contribution is 0.394. The van der Waals surface area contributed by atoms with Crippen molar-refractivity contribution in [2.45, 2.75) is 47.1 Å². The molecule has 0 amide bonds. The molecule has 1 aliphatic carbocycles. The van der Waals surface area contributed by atoms with Crippen molar-refractivity contribution < 1.29 is 0 Å². The number of nitrogens with zero attached hydrogens (tertiary/aromatic N) is 2. The van der Waals surface area contributed by atoms with Gasteiger partial charge in [0.1, 0.15) is 5.82 Å². The molecule has 0 bridgehead atoms. The van der Waals surface area contributed by atoms with Crippen molar-refractivity contribution in [2.75, 3.05) is 6.54 Å². The molecule has 1 aromatic heterocycles. The molecule has 0 spiro atoms. The molecule has 3 nitrogen and oxygen atoms in total. The van der Waals surface area contributed by atoms with Crippen molar-refractivity contribution in [2.24, 2.45) is 23.8 Å². The topological polar surface area (TPSA) is 29.9 Å². The summed E-state index contributed by atoms with van der Waals surface area (Å²) in [5.74, 6) is 1.90. The first-order chi connectivity index (χ1) is 8.32. The van der Waals surface area contributed by atoms with E-state index in [4.69, 9.17) is 0 Å². The molecule has 0 aromatic carbocycles. The minimum atomic E-state index is 0.422. The molecule has 1 heterocycles. The van der Waals surface area contributed by atoms with Gasteiger partial charge in [0.25, 0.3) is 0 Å². The molecule has 1 fully saturated rings. The number of nitrogens with one attached hydrogen (secondary N) is 1. The van der Waals surface area contributed by atoms with Gasteiger partial charge in [-0.2, -0.15) is 0 Å². The SMILES string of the molecule is CCNC(Cc1nccn1C)C1C(C)(C)C1(C)C. The summed E-state index contributed by atoms with van der Waals surface area (Å²) in [5.41, 5.74) is 0.843. The lowest BCUT2D eigenvalue weighted by atomic mass is 10.0. The number of aryl methyl sites for hydroxylation is 1. The fourth-order valence-corrected chi connectivity index (χ4v) is 3.61. The van der Waals surface area contributed by atoms with E-state index >= 15 is 0 Å². The number of imidazole rings is 1. The molecular weight excluding hydrogens is 222 g/mol. The van der Waals surface area contributed by atoms with Crippen LogP contribution in [0.1, 0.15) is 40.4 Å². The highest BCUT2D eigenvalue weighted by Gasteiger charge is 2.66. The minimum absolute atomic E-state index is 0.422. The highest BCUT2D eigenvalue weighted by atomic mass is 15.1. The number of rotatable bonds is 5. The van der Waals surface area contributed by atoms with Gasteiger partial charge in [0.05, 0.1) is 0 Å². The van der Waals surface area contributed by atoms with E-state index in [1.54, 1.807) is 0 Å². The van der Waals surface area contributed by atoms with Crippen LogP contribution in [0.4, 0.5) is 0 Å². The van der Waals surface area contributed by atoms with Crippen molar-refractivity contribution in [1.82, 2.24) is 14.9 Å². The maximum Gasteiger partial charge on any atom is 0.109 e. The van der Waals surface area contributed by atoms with Crippen molar-refractivity contribution in [3.05, 3.63) is 18.2 Å². The monoisotopic (exact) mass is 249 g/mol. The second-order valence-corrected chi connectivity index (χ2v) is 6.74. The standard InChI is InChI=1S/C15H27N3/c1-7-16-11(10-12-17-8-9-18(12)6)13-14(2,3)15(13,4)5/h8-9,11,13,16H,7,10H2,1-6H3. The number of likely N-dealkylation sites (N-methyl/N-ethyl adjacent to an activating group) is 1. The zero-order valence-electron chi connectivity index (χ0n) is 12.6. The Morgan fingerprint density at radius 1 is 1.33 bits per heavy atom. The molecule has 0 radical (unpaired) electrons. The predicted molar refractivity (Wildman–Crippen MR) is 75.4 cm³/mol. The Kier molecular flexibility index (Phi) is 3.30. The second kappa shape index (κ2) is 4.37. The smallest absolute Gasteiger partial charge is 0.109 e. The van der Waals surface area contributed by atoms with E-state index in [0.29, 0.717) is 16.9 Å². The van der Waals surface area contributed by atoms with Crippen LogP contribution in [0.3, 0.4) is 0 Å². The van der Waals surface area contributed by atoms with Gasteiger partial charge in [0, 0.05) is 31.9 Å². The van der Waals surface area contributed by atoms with Crippen molar-refractivity contribution >= 4 is 0 Å². The van der Waals surface area contributed by atoms with E-state index < -0.39 is 0 Å². The Bertz CT molecular complexity index is 403. The number of hydrogen-bond donors (Lipinski definition) is 1. The maximum absolute atomic E-state index is 4.47. The molecule has 102 valence electrons. The first-order valence-electron chi connectivity index (χ1n) is 7.02. The van der Waals surface area contributed by atoms with Gasteiger partial charge in [-0.1, -0.05) is 34.6 Å². The average Bonchev–Trinajstić information content (AvgIpc) is 2.58. The van der Waals surface area contributed by atoms with Crippen molar-refractivity contribution in [1.29, 1.82) is 0 Å². The summed E-state index contributed by atoms with van der Waals surface area (Å²) in [6, 6.07) is 0.529. The Labute approximate surface area is 111 Å². The van der Waals surface area contributed by atoms with Crippen LogP contribution in [0.15, 0.2) is 12.4 Å². The quantitative estimate of drug-likeness (QED) is 0.869. The zero-order valence-corrected chi connectivity index (χ0v) is 12.6. The van der Waals surface area contributed by atoms with Gasteiger partial charge in [-0.05, 0) is 23.3 Å². The van der Waals surface area contributed by atoms with Crippen molar-refractivity contribution in [3.8, 4) is 0 Å². The first-order valence-corrected chi connectivity index (χ1v) is 7.02. The lowest BCUT2D eigenvalue weighted by Crippen LogP contribution is -2.36. The number of hydrogen-bond acceptors (Lipinski definition) is 2. The predicted octanol–water partition coefficient (Wildman–Crippen LogP) is 2.62. The second-order valence-electron chi connectivity index (χ2n) is 6.74. The average molecular weight is 249 g/mol. The summed E-state index contributed by atoms with van der Waals surface area (Å²) in [5, 5.41) is 3.67. The Morgan fingerprint density at radius 2 is 1.94 bits per heavy atom. The highest BCUT2D eigenvalue weighted by molar-refractivity contribution is 5.17. The zero-order chi connectivity index (χ0) is 13.6. The molecule has 1 unspecified atom stereocenters. The highest BCUT2D eigenvalue weighted by Crippen LogP contribution is 2.69. The van der Waals surface area contributed by atoms with Crippen LogP contribution in [-0.4, -0.2) is 22.1 Å². The normalized spacial score (nSPS) is 23.0. The summed E-state index contributed by atoms with van der Waals surface area (Å²) in [4.78, 5) is 4.47. The summed E-state index contributed by atoms with van der Waals surface area (Å²) in [6.07, 6.45) is 4.94. The van der Waals surface area contributed by atoms with E-state index in [0.717, 1.165) is 18.9 Å². The van der Waals surface area contributed by atoms with Crippen LogP contribution < -0.4 is 5.32 Å². The fraction of sp³-hybridized carbons (Fsp3) is 0.800. The molecule has 1 N–H and O–H groups in total. The molecule has 1 aliphatic rings. The van der Waals surface area contributed by atoms with E-state index in [1.165, 1.54) is 5.82 Å². The molecule has 1 aromatic rings. The molecule has 2 rings (SSSR count). The summed E-state index contributed by atoms with van der Waals surface area (Å²) in [7, 11) is 2.08. The number of aromatic nitrogens is 2. The largest absolute Gasteiger partial charge is 0.338 e. The third kappa shape index (κ3) is 1.99. The van der Waals surface area contributed by atoms with Gasteiger partial charge in [-0.25, -0.2) is 4.98 Å². The van der Waals surface area contributed by atoms with E-state index in [9.17, 15) is 0 Å². The molecule has 1 saturated carbocycles. The van der Waals surface area contributed by atoms with E-state index in [-0.39, 0.29) is 0 Å². The maximum atomic E-state index is 4.47. The molecule has 0 saturated heterocycles. The van der Waals surface area contributed by atoms with Crippen LogP contribution in [0.25, 0.3) is 0 Å². The summed E-state index contributed by atoms with van der Waals surface area (Å²) in [6.45, 7) is 12.8. The van der Waals surface area contributed by atoms with Gasteiger partial charge in [-0.3, -0.25) is 0 Å². The summed E-state index contributed by atoms with van der Waals surface area (Å²) >= 11 is 0. The van der Waals surface area contributed by atoms with Gasteiger partial charge >= 0.3 is 0 Å². The molecule has 0 aliphatic heterocycles. The van der Waals surface area contributed by atoms with Crippen molar-refractivity contribution in [3.63, 3.8) is 0 Å². The van der Waals surface area contributed by atoms with Crippen LogP contribution >= 0.6 is 0 Å². The molecule has 1 atom stereocenters. The molecule has 18 heavy (non-hydrogen) atoms. The molecular formula is C15H27N3. The Hall–Kier alpha value is -0.830. The minimum Gasteiger partial charge on any atom is -0.338 e. The third-order valence-corrected chi connectivity index (χ3v) is 5.32. The van der Waals surface area contributed by atoms with Crippen LogP contribution in [-0.2, 0) is 13.5 Å². The van der Waals surface area contributed by atoms with E-state index in [1.807, 2.05) is 12.4 Å². The Balaban J connectivity index is 2.14. The van der Waals surface area contributed by atoms with Gasteiger partial charge < -0.3 is 9.88 Å². The Morgan fingerprint density at radius 3 is 2.33 bits per heavy atom. The van der Waals surface area contributed by atoms with Gasteiger partial charge in [0.15, 0.2) is 0 Å². The van der Waals surface area contributed by atoms with Crippen LogP contribution in [0.5, 0.6) is 0 Å².